The maximum absolute atomic E-state index is 10.8. The summed E-state index contributed by atoms with van der Waals surface area (Å²) in [7, 11) is 3.27. The molecule has 4 heteroatoms. The van der Waals surface area contributed by atoms with Gasteiger partial charge in [0.25, 0.3) is 0 Å². The molecule has 0 saturated heterocycles. The van der Waals surface area contributed by atoms with Crippen LogP contribution in [0.25, 0.3) is 0 Å². The van der Waals surface area contributed by atoms with Crippen molar-refractivity contribution in [2.45, 2.75) is 50.2 Å². The first-order valence-electron chi connectivity index (χ1n) is 7.19. The van der Waals surface area contributed by atoms with E-state index < -0.39 is 11.7 Å². The van der Waals surface area contributed by atoms with Crippen LogP contribution in [0.4, 0.5) is 0 Å². The maximum atomic E-state index is 10.8. The highest BCUT2D eigenvalue weighted by Gasteiger charge is 2.39. The molecule has 0 heterocycles. The number of halogens is 1. The van der Waals surface area contributed by atoms with Gasteiger partial charge in [0.1, 0.15) is 11.9 Å². The van der Waals surface area contributed by atoms with Crippen LogP contribution in [0.1, 0.15) is 50.2 Å². The Labute approximate surface area is 125 Å². The summed E-state index contributed by atoms with van der Waals surface area (Å²) in [6, 6.07) is 5.42. The topological polar surface area (TPSA) is 38.7 Å². The summed E-state index contributed by atoms with van der Waals surface area (Å²) in [5, 5.41) is 11.4. The molecule has 0 radical (unpaired) electrons. The highest BCUT2D eigenvalue weighted by Crippen LogP contribution is 2.41. The second-order valence-electron chi connectivity index (χ2n) is 5.48. The van der Waals surface area contributed by atoms with E-state index >= 15 is 0 Å². The van der Waals surface area contributed by atoms with Crippen molar-refractivity contribution in [3.05, 3.63) is 28.8 Å². The maximum Gasteiger partial charge on any atom is 0.137 e. The average Bonchev–Trinajstić information content (AvgIpc) is 2.73. The van der Waals surface area contributed by atoms with E-state index in [0.29, 0.717) is 10.8 Å². The number of hydrogen-bond donors (Lipinski definition) is 1. The van der Waals surface area contributed by atoms with Crippen molar-refractivity contribution in [3.63, 3.8) is 0 Å². The molecule has 0 amide bonds. The quantitative estimate of drug-likeness (QED) is 0.850. The summed E-state index contributed by atoms with van der Waals surface area (Å²) in [4.78, 5) is 0. The zero-order chi connectivity index (χ0) is 14.6. The summed E-state index contributed by atoms with van der Waals surface area (Å²) in [5.74, 6) is 0.586. The molecule has 0 aliphatic heterocycles. The Kier molecular flexibility index (Phi) is 5.30. The van der Waals surface area contributed by atoms with E-state index in [1.54, 1.807) is 26.4 Å². The lowest BCUT2D eigenvalue weighted by Crippen LogP contribution is -2.38. The van der Waals surface area contributed by atoms with Crippen LogP contribution in [-0.4, -0.2) is 24.9 Å². The Bertz CT molecular complexity index is 439. The molecule has 1 aliphatic carbocycles. The fourth-order valence-corrected chi connectivity index (χ4v) is 3.26. The van der Waals surface area contributed by atoms with E-state index in [-0.39, 0.29) is 0 Å². The van der Waals surface area contributed by atoms with Crippen LogP contribution in [0, 0.1) is 0 Å². The predicted molar refractivity (Wildman–Crippen MR) is 80.4 cm³/mol. The lowest BCUT2D eigenvalue weighted by Gasteiger charge is -2.36. The Morgan fingerprint density at radius 2 is 1.80 bits per heavy atom. The number of hydrogen-bond acceptors (Lipinski definition) is 3. The SMILES string of the molecule is COc1cc(C(O)C2(OC)CCCCCC2)ccc1Cl. The van der Waals surface area contributed by atoms with E-state index in [1.807, 2.05) is 6.07 Å². The second-order valence-corrected chi connectivity index (χ2v) is 5.89. The normalized spacial score (nSPS) is 20.2. The van der Waals surface area contributed by atoms with Crippen LogP contribution in [0.2, 0.25) is 5.02 Å². The van der Waals surface area contributed by atoms with Crippen LogP contribution in [0.15, 0.2) is 18.2 Å². The molecule has 1 N–H and O–H groups in total. The van der Waals surface area contributed by atoms with Crippen molar-refractivity contribution >= 4 is 11.6 Å². The van der Waals surface area contributed by atoms with Gasteiger partial charge in [-0.3, -0.25) is 0 Å². The number of aliphatic hydroxyl groups excluding tert-OH is 1. The summed E-state index contributed by atoms with van der Waals surface area (Å²) in [6.07, 6.45) is 5.72. The lowest BCUT2D eigenvalue weighted by atomic mass is 9.84. The highest BCUT2D eigenvalue weighted by atomic mass is 35.5. The first-order valence-corrected chi connectivity index (χ1v) is 7.57. The van der Waals surface area contributed by atoms with Gasteiger partial charge in [-0.25, -0.2) is 0 Å². The number of ether oxygens (including phenoxy) is 2. The minimum Gasteiger partial charge on any atom is -0.495 e. The molecular formula is C16H23ClO3. The molecule has 1 atom stereocenters. The molecule has 0 aromatic heterocycles. The van der Waals surface area contributed by atoms with E-state index in [1.165, 1.54) is 12.8 Å². The minimum atomic E-state index is -0.656. The molecule has 20 heavy (non-hydrogen) atoms. The Morgan fingerprint density at radius 1 is 1.15 bits per heavy atom. The molecule has 1 aromatic rings. The van der Waals surface area contributed by atoms with E-state index in [2.05, 4.69) is 0 Å². The van der Waals surface area contributed by atoms with Gasteiger partial charge in [-0.2, -0.15) is 0 Å². The largest absolute Gasteiger partial charge is 0.495 e. The van der Waals surface area contributed by atoms with Gasteiger partial charge in [0.15, 0.2) is 0 Å². The number of aliphatic hydroxyl groups is 1. The fourth-order valence-electron chi connectivity index (χ4n) is 3.07. The van der Waals surface area contributed by atoms with Gasteiger partial charge >= 0.3 is 0 Å². The molecule has 112 valence electrons. The van der Waals surface area contributed by atoms with E-state index in [0.717, 1.165) is 31.2 Å². The van der Waals surface area contributed by atoms with Crippen molar-refractivity contribution in [3.8, 4) is 5.75 Å². The molecule has 1 fully saturated rings. The van der Waals surface area contributed by atoms with Crippen molar-refractivity contribution in [1.29, 1.82) is 0 Å². The summed E-state index contributed by atoms with van der Waals surface area (Å²) < 4.78 is 11.0. The van der Waals surface area contributed by atoms with E-state index in [4.69, 9.17) is 21.1 Å². The summed E-state index contributed by atoms with van der Waals surface area (Å²) >= 11 is 6.04. The minimum absolute atomic E-state index is 0.491. The monoisotopic (exact) mass is 298 g/mol. The predicted octanol–water partition coefficient (Wildman–Crippen LogP) is 4.12. The molecule has 0 bridgehead atoms. The first kappa shape index (κ1) is 15.6. The van der Waals surface area contributed by atoms with Gasteiger partial charge in [0, 0.05) is 7.11 Å². The molecule has 1 saturated carbocycles. The summed E-state index contributed by atoms with van der Waals surface area (Å²) in [5.41, 5.74) is 0.310. The van der Waals surface area contributed by atoms with Gasteiger partial charge in [-0.15, -0.1) is 0 Å². The lowest BCUT2D eigenvalue weighted by molar-refractivity contribution is -0.114. The van der Waals surface area contributed by atoms with Crippen molar-refractivity contribution < 1.29 is 14.6 Å². The van der Waals surface area contributed by atoms with Crippen molar-refractivity contribution in [1.82, 2.24) is 0 Å². The van der Waals surface area contributed by atoms with Gasteiger partial charge in [0.2, 0.25) is 0 Å². The van der Waals surface area contributed by atoms with Gasteiger partial charge in [0.05, 0.1) is 17.7 Å². The summed E-state index contributed by atoms with van der Waals surface area (Å²) in [6.45, 7) is 0. The number of methoxy groups -OCH3 is 2. The molecule has 0 spiro atoms. The third kappa shape index (κ3) is 3.11. The van der Waals surface area contributed by atoms with Gasteiger partial charge in [-0.1, -0.05) is 43.4 Å². The van der Waals surface area contributed by atoms with E-state index in [9.17, 15) is 5.11 Å². The third-order valence-electron chi connectivity index (χ3n) is 4.35. The standard InChI is InChI=1S/C16H23ClO3/c1-19-14-11-12(7-8-13(14)17)15(18)16(20-2)9-5-3-4-6-10-16/h7-8,11,15,18H,3-6,9-10H2,1-2H3. The molecule has 3 nitrogen and oxygen atoms in total. The fraction of sp³-hybridized carbons (Fsp3) is 0.625. The van der Waals surface area contributed by atoms with Crippen LogP contribution in [-0.2, 0) is 4.74 Å². The average molecular weight is 299 g/mol. The Morgan fingerprint density at radius 3 is 2.35 bits per heavy atom. The number of rotatable bonds is 4. The zero-order valence-electron chi connectivity index (χ0n) is 12.2. The molecular weight excluding hydrogens is 276 g/mol. The van der Waals surface area contributed by atoms with Crippen LogP contribution in [0.5, 0.6) is 5.75 Å². The van der Waals surface area contributed by atoms with Gasteiger partial charge < -0.3 is 14.6 Å². The van der Waals surface area contributed by atoms with Crippen molar-refractivity contribution in [2.24, 2.45) is 0 Å². The van der Waals surface area contributed by atoms with Gasteiger partial charge in [-0.05, 0) is 30.5 Å². The van der Waals surface area contributed by atoms with Crippen LogP contribution >= 0.6 is 11.6 Å². The Hall–Kier alpha value is -0.770. The Balaban J connectivity index is 2.29. The second kappa shape index (κ2) is 6.79. The van der Waals surface area contributed by atoms with Crippen LogP contribution < -0.4 is 4.74 Å². The molecule has 1 aliphatic rings. The third-order valence-corrected chi connectivity index (χ3v) is 4.66. The zero-order valence-corrected chi connectivity index (χ0v) is 12.9. The smallest absolute Gasteiger partial charge is 0.137 e. The highest BCUT2D eigenvalue weighted by molar-refractivity contribution is 6.32. The number of benzene rings is 1. The van der Waals surface area contributed by atoms with Crippen molar-refractivity contribution in [2.75, 3.05) is 14.2 Å². The molecule has 1 aromatic carbocycles. The molecule has 1 unspecified atom stereocenters. The van der Waals surface area contributed by atoms with Crippen LogP contribution in [0.3, 0.4) is 0 Å². The first-order chi connectivity index (χ1) is 9.63. The molecule has 2 rings (SSSR count).